The summed E-state index contributed by atoms with van der Waals surface area (Å²) in [7, 11) is 0. The number of rotatable bonds is 2. The molecule has 1 heterocycles. The number of aromatic amines is 1. The van der Waals surface area contributed by atoms with Gasteiger partial charge in [0.25, 0.3) is 5.56 Å². The average Bonchev–Trinajstić information content (AvgIpc) is 2.03. The van der Waals surface area contributed by atoms with Crippen LogP contribution in [0.1, 0.15) is 29.8 Å². The van der Waals surface area contributed by atoms with Crippen LogP contribution < -0.4 is 5.56 Å². The molecule has 0 fully saturated rings. The Balaban J connectivity index is 3.38. The molecule has 1 aromatic rings. The Labute approximate surface area is 70.4 Å². The molecule has 0 spiro atoms. The molecular formula is C9H11NO2. The molecule has 0 saturated heterocycles. The van der Waals surface area contributed by atoms with E-state index in [4.69, 9.17) is 0 Å². The number of pyridine rings is 1. The van der Waals surface area contributed by atoms with Gasteiger partial charge in [-0.05, 0) is 19.4 Å². The van der Waals surface area contributed by atoms with Crippen LogP contribution in [0, 0.1) is 0 Å². The van der Waals surface area contributed by atoms with E-state index in [2.05, 4.69) is 4.98 Å². The van der Waals surface area contributed by atoms with Gasteiger partial charge in [0.05, 0.1) is 0 Å². The van der Waals surface area contributed by atoms with E-state index >= 15 is 0 Å². The lowest BCUT2D eigenvalue weighted by Crippen LogP contribution is -2.15. The zero-order valence-electron chi connectivity index (χ0n) is 7.18. The van der Waals surface area contributed by atoms with Gasteiger partial charge in [-0.2, -0.15) is 0 Å². The Morgan fingerprint density at radius 1 is 1.58 bits per heavy atom. The van der Waals surface area contributed by atoms with Crippen molar-refractivity contribution in [1.29, 1.82) is 0 Å². The summed E-state index contributed by atoms with van der Waals surface area (Å²) in [6.07, 6.45) is 2.09. The second kappa shape index (κ2) is 3.34. The van der Waals surface area contributed by atoms with Gasteiger partial charge in [-0.3, -0.25) is 9.59 Å². The fraction of sp³-hybridized carbons (Fsp3) is 0.333. The quantitative estimate of drug-likeness (QED) is 0.668. The summed E-state index contributed by atoms with van der Waals surface area (Å²) in [5.74, 6) is -0.0575. The highest BCUT2D eigenvalue weighted by molar-refractivity contribution is 5.95. The van der Waals surface area contributed by atoms with E-state index in [0.29, 0.717) is 17.5 Å². The Morgan fingerprint density at radius 3 is 2.67 bits per heavy atom. The minimum absolute atomic E-state index is 0.0575. The first-order chi connectivity index (χ1) is 5.66. The third-order valence-electron chi connectivity index (χ3n) is 1.80. The van der Waals surface area contributed by atoms with Crippen molar-refractivity contribution in [2.75, 3.05) is 0 Å². The second-order valence-corrected chi connectivity index (χ2v) is 2.61. The van der Waals surface area contributed by atoms with E-state index in [0.717, 1.165) is 0 Å². The lowest BCUT2D eigenvalue weighted by Gasteiger charge is -2.00. The summed E-state index contributed by atoms with van der Waals surface area (Å²) >= 11 is 0. The molecule has 0 aromatic carbocycles. The molecule has 0 aliphatic heterocycles. The highest BCUT2D eigenvalue weighted by atomic mass is 16.1. The van der Waals surface area contributed by atoms with Crippen LogP contribution in [0.25, 0.3) is 0 Å². The van der Waals surface area contributed by atoms with Crippen LogP contribution in [-0.2, 0) is 6.42 Å². The molecule has 0 amide bonds. The van der Waals surface area contributed by atoms with Crippen molar-refractivity contribution in [3.8, 4) is 0 Å². The number of aromatic nitrogens is 1. The molecule has 0 saturated carbocycles. The molecule has 1 aromatic heterocycles. The number of ketones is 1. The summed E-state index contributed by atoms with van der Waals surface area (Å²) in [6.45, 7) is 3.32. The van der Waals surface area contributed by atoms with Gasteiger partial charge in [-0.15, -0.1) is 0 Å². The molecular weight excluding hydrogens is 154 g/mol. The predicted octanol–water partition coefficient (Wildman–Crippen LogP) is 1.14. The van der Waals surface area contributed by atoms with Crippen molar-refractivity contribution in [2.45, 2.75) is 20.3 Å². The lowest BCUT2D eigenvalue weighted by molar-refractivity contribution is 0.101. The standard InChI is InChI=1S/C9H11NO2/c1-3-7-8(6(2)11)4-5-10-9(7)12/h4-5H,3H2,1-2H3,(H,10,12). The Morgan fingerprint density at radius 2 is 2.25 bits per heavy atom. The van der Waals surface area contributed by atoms with Crippen molar-refractivity contribution >= 4 is 5.78 Å². The fourth-order valence-electron chi connectivity index (χ4n) is 1.19. The normalized spacial score (nSPS) is 9.83. The zero-order valence-corrected chi connectivity index (χ0v) is 7.18. The van der Waals surface area contributed by atoms with Crippen LogP contribution in [0.2, 0.25) is 0 Å². The van der Waals surface area contributed by atoms with Crippen LogP contribution in [0.3, 0.4) is 0 Å². The summed E-state index contributed by atoms with van der Waals surface area (Å²) < 4.78 is 0. The van der Waals surface area contributed by atoms with Crippen LogP contribution >= 0.6 is 0 Å². The van der Waals surface area contributed by atoms with Crippen molar-refractivity contribution < 1.29 is 4.79 Å². The van der Waals surface area contributed by atoms with Crippen molar-refractivity contribution in [3.63, 3.8) is 0 Å². The maximum atomic E-state index is 11.2. The molecule has 0 atom stereocenters. The molecule has 0 aliphatic rings. The summed E-state index contributed by atoms with van der Waals surface area (Å²) in [5.41, 5.74) is 0.941. The third kappa shape index (κ3) is 1.44. The maximum Gasteiger partial charge on any atom is 0.251 e. The zero-order chi connectivity index (χ0) is 9.14. The topological polar surface area (TPSA) is 49.9 Å². The number of hydrogen-bond donors (Lipinski definition) is 1. The number of hydrogen-bond acceptors (Lipinski definition) is 2. The Bertz CT molecular complexity index is 352. The molecule has 3 nitrogen and oxygen atoms in total. The number of carbonyl (C=O) groups excluding carboxylic acids is 1. The van der Waals surface area contributed by atoms with Gasteiger partial charge in [0.1, 0.15) is 0 Å². The van der Waals surface area contributed by atoms with Crippen LogP contribution in [0.4, 0.5) is 0 Å². The molecule has 64 valence electrons. The molecule has 12 heavy (non-hydrogen) atoms. The molecule has 1 N–H and O–H groups in total. The number of carbonyl (C=O) groups is 1. The summed E-state index contributed by atoms with van der Waals surface area (Å²) in [6, 6.07) is 1.64. The van der Waals surface area contributed by atoms with Gasteiger partial charge in [-0.1, -0.05) is 6.92 Å². The monoisotopic (exact) mass is 165 g/mol. The van der Waals surface area contributed by atoms with E-state index in [1.165, 1.54) is 13.1 Å². The number of H-pyrrole nitrogens is 1. The molecule has 3 heteroatoms. The van der Waals surface area contributed by atoms with Crippen LogP contribution in [0.5, 0.6) is 0 Å². The first-order valence-corrected chi connectivity index (χ1v) is 3.88. The van der Waals surface area contributed by atoms with Crippen LogP contribution in [-0.4, -0.2) is 10.8 Å². The molecule has 0 radical (unpaired) electrons. The summed E-state index contributed by atoms with van der Waals surface area (Å²) in [4.78, 5) is 24.7. The molecule has 1 rings (SSSR count). The largest absolute Gasteiger partial charge is 0.329 e. The van der Waals surface area contributed by atoms with Gasteiger partial charge in [0, 0.05) is 17.3 Å². The lowest BCUT2D eigenvalue weighted by atomic mass is 10.1. The minimum atomic E-state index is -0.162. The number of Topliss-reactive ketones (excluding diaryl/α,β-unsaturated/α-hetero) is 1. The van der Waals surface area contributed by atoms with E-state index in [1.54, 1.807) is 6.07 Å². The minimum Gasteiger partial charge on any atom is -0.329 e. The predicted molar refractivity (Wildman–Crippen MR) is 46.4 cm³/mol. The van der Waals surface area contributed by atoms with E-state index in [1.807, 2.05) is 6.92 Å². The number of nitrogens with one attached hydrogen (secondary N) is 1. The van der Waals surface area contributed by atoms with Gasteiger partial charge in [0.15, 0.2) is 5.78 Å². The highest BCUT2D eigenvalue weighted by Crippen LogP contribution is 2.03. The van der Waals surface area contributed by atoms with E-state index in [-0.39, 0.29) is 11.3 Å². The fourth-order valence-corrected chi connectivity index (χ4v) is 1.19. The average molecular weight is 165 g/mol. The van der Waals surface area contributed by atoms with Gasteiger partial charge < -0.3 is 4.98 Å². The molecule has 0 aliphatic carbocycles. The Hall–Kier alpha value is -1.38. The van der Waals surface area contributed by atoms with Crippen molar-refractivity contribution in [3.05, 3.63) is 33.7 Å². The van der Waals surface area contributed by atoms with E-state index in [9.17, 15) is 9.59 Å². The third-order valence-corrected chi connectivity index (χ3v) is 1.80. The van der Waals surface area contributed by atoms with Crippen molar-refractivity contribution in [2.24, 2.45) is 0 Å². The van der Waals surface area contributed by atoms with Crippen LogP contribution in [0.15, 0.2) is 17.1 Å². The highest BCUT2D eigenvalue weighted by Gasteiger charge is 2.07. The first-order valence-electron chi connectivity index (χ1n) is 3.88. The SMILES string of the molecule is CCc1c(C(C)=O)cc[nH]c1=O. The Kier molecular flexibility index (Phi) is 2.43. The van der Waals surface area contributed by atoms with Gasteiger partial charge in [-0.25, -0.2) is 0 Å². The van der Waals surface area contributed by atoms with Gasteiger partial charge >= 0.3 is 0 Å². The van der Waals surface area contributed by atoms with Crippen molar-refractivity contribution in [1.82, 2.24) is 4.98 Å². The second-order valence-electron chi connectivity index (χ2n) is 2.61. The summed E-state index contributed by atoms with van der Waals surface area (Å²) in [5, 5.41) is 0. The smallest absolute Gasteiger partial charge is 0.251 e. The maximum absolute atomic E-state index is 11.2. The molecule has 0 unspecified atom stereocenters. The van der Waals surface area contributed by atoms with E-state index < -0.39 is 0 Å². The van der Waals surface area contributed by atoms with Gasteiger partial charge in [0.2, 0.25) is 0 Å². The molecule has 0 bridgehead atoms. The first kappa shape index (κ1) is 8.71.